The highest BCUT2D eigenvalue weighted by molar-refractivity contribution is 7.89. The Morgan fingerprint density at radius 2 is 1.83 bits per heavy atom. The molecular formula is C17H30N4O2S. The first kappa shape index (κ1) is 20.4. The third-order valence-electron chi connectivity index (χ3n) is 3.85. The Morgan fingerprint density at radius 3 is 2.38 bits per heavy atom. The van der Waals surface area contributed by atoms with Gasteiger partial charge in [-0.25, -0.2) is 17.7 Å². The molecule has 0 aromatic heterocycles. The summed E-state index contributed by atoms with van der Waals surface area (Å²) in [5, 5.41) is 6.55. The summed E-state index contributed by atoms with van der Waals surface area (Å²) >= 11 is 0. The van der Waals surface area contributed by atoms with E-state index in [0.29, 0.717) is 28.9 Å². The highest BCUT2D eigenvalue weighted by Crippen LogP contribution is 2.19. The van der Waals surface area contributed by atoms with Crippen LogP contribution in [0, 0.1) is 5.92 Å². The number of nitrogens with one attached hydrogen (secondary N) is 2. The quantitative estimate of drug-likeness (QED) is 0.580. The number of benzene rings is 1. The topological polar surface area (TPSA) is 73.8 Å². The molecule has 1 unspecified atom stereocenters. The van der Waals surface area contributed by atoms with Crippen molar-refractivity contribution in [2.24, 2.45) is 10.9 Å². The van der Waals surface area contributed by atoms with Crippen molar-refractivity contribution in [1.82, 2.24) is 14.9 Å². The van der Waals surface area contributed by atoms with Gasteiger partial charge < -0.3 is 10.6 Å². The van der Waals surface area contributed by atoms with Crippen molar-refractivity contribution in [1.29, 1.82) is 0 Å². The predicted octanol–water partition coefficient (Wildman–Crippen LogP) is 2.04. The Labute approximate surface area is 146 Å². The summed E-state index contributed by atoms with van der Waals surface area (Å²) in [4.78, 5) is 4.85. The smallest absolute Gasteiger partial charge is 0.242 e. The summed E-state index contributed by atoms with van der Waals surface area (Å²) in [7, 11) is -0.415. The van der Waals surface area contributed by atoms with Gasteiger partial charge in [0.2, 0.25) is 10.0 Å². The Hall–Kier alpha value is -1.60. The van der Waals surface area contributed by atoms with E-state index in [4.69, 9.17) is 0 Å². The van der Waals surface area contributed by atoms with Crippen LogP contribution in [0.4, 0.5) is 0 Å². The van der Waals surface area contributed by atoms with E-state index in [2.05, 4.69) is 36.4 Å². The van der Waals surface area contributed by atoms with E-state index in [-0.39, 0.29) is 6.04 Å². The van der Waals surface area contributed by atoms with Gasteiger partial charge in [-0.1, -0.05) is 32.0 Å². The van der Waals surface area contributed by atoms with Crippen LogP contribution >= 0.6 is 0 Å². The molecule has 0 saturated heterocycles. The molecule has 0 aliphatic heterocycles. The molecular weight excluding hydrogens is 324 g/mol. The van der Waals surface area contributed by atoms with E-state index in [0.717, 1.165) is 6.54 Å². The maximum atomic E-state index is 12.4. The third-order valence-corrected chi connectivity index (χ3v) is 5.76. The zero-order valence-corrected chi connectivity index (χ0v) is 16.3. The molecule has 0 amide bonds. The van der Waals surface area contributed by atoms with Crippen LogP contribution in [0.3, 0.4) is 0 Å². The zero-order valence-electron chi connectivity index (χ0n) is 15.5. The zero-order chi connectivity index (χ0) is 18.3. The summed E-state index contributed by atoms with van der Waals surface area (Å²) in [5.74, 6) is 1.16. The van der Waals surface area contributed by atoms with Crippen molar-refractivity contribution in [3.8, 4) is 0 Å². The molecule has 1 aromatic carbocycles. The summed E-state index contributed by atoms with van der Waals surface area (Å²) in [6, 6.07) is 7.25. The minimum absolute atomic E-state index is 0.267. The molecule has 7 heteroatoms. The van der Waals surface area contributed by atoms with Crippen LogP contribution in [0.5, 0.6) is 0 Å². The van der Waals surface area contributed by atoms with Gasteiger partial charge in [-0.05, 0) is 31.4 Å². The monoisotopic (exact) mass is 354 g/mol. The van der Waals surface area contributed by atoms with Gasteiger partial charge >= 0.3 is 0 Å². The van der Waals surface area contributed by atoms with Gasteiger partial charge in [-0.15, -0.1) is 0 Å². The second kappa shape index (κ2) is 9.03. The fraction of sp³-hybridized carbons (Fsp3) is 0.588. The van der Waals surface area contributed by atoms with E-state index < -0.39 is 10.0 Å². The summed E-state index contributed by atoms with van der Waals surface area (Å²) in [6.45, 7) is 9.42. The molecule has 0 radical (unpaired) electrons. The maximum absolute atomic E-state index is 12.4. The maximum Gasteiger partial charge on any atom is 0.242 e. The molecule has 1 aromatic rings. The standard InChI is InChI=1S/C17H30N4O2S/c1-7-18-17(20-14(4)13(2)3)19-12-15-10-8-9-11-16(15)24(22,23)21(5)6/h8-11,13-14H,7,12H2,1-6H3,(H2,18,19,20). The van der Waals surface area contributed by atoms with Crippen molar-refractivity contribution >= 4 is 16.0 Å². The molecule has 6 nitrogen and oxygen atoms in total. The van der Waals surface area contributed by atoms with Gasteiger partial charge in [0.25, 0.3) is 0 Å². The third kappa shape index (κ3) is 5.49. The van der Waals surface area contributed by atoms with Gasteiger partial charge in [-0.3, -0.25) is 0 Å². The van der Waals surface area contributed by atoms with Crippen LogP contribution in [0.1, 0.15) is 33.3 Å². The van der Waals surface area contributed by atoms with Gasteiger partial charge in [0.05, 0.1) is 11.4 Å². The van der Waals surface area contributed by atoms with Gasteiger partial charge in [-0.2, -0.15) is 0 Å². The lowest BCUT2D eigenvalue weighted by atomic mass is 10.1. The number of hydrogen-bond donors (Lipinski definition) is 2. The van der Waals surface area contributed by atoms with E-state index in [1.54, 1.807) is 18.2 Å². The van der Waals surface area contributed by atoms with Crippen molar-refractivity contribution in [2.75, 3.05) is 20.6 Å². The van der Waals surface area contributed by atoms with Crippen LogP contribution in [0.2, 0.25) is 0 Å². The van der Waals surface area contributed by atoms with Crippen LogP contribution < -0.4 is 10.6 Å². The highest BCUT2D eigenvalue weighted by Gasteiger charge is 2.20. The first-order chi connectivity index (χ1) is 11.2. The Morgan fingerprint density at radius 1 is 1.21 bits per heavy atom. The number of guanidine groups is 1. The van der Waals surface area contributed by atoms with Crippen molar-refractivity contribution in [3.63, 3.8) is 0 Å². The summed E-state index contributed by atoms with van der Waals surface area (Å²) in [6.07, 6.45) is 0. The molecule has 1 atom stereocenters. The SMILES string of the molecule is CCNC(=NCc1ccccc1S(=O)(=O)N(C)C)NC(C)C(C)C. The van der Waals surface area contributed by atoms with E-state index >= 15 is 0 Å². The highest BCUT2D eigenvalue weighted by atomic mass is 32.2. The molecule has 136 valence electrons. The molecule has 0 aliphatic rings. The number of sulfonamides is 1. The lowest BCUT2D eigenvalue weighted by molar-refractivity contribution is 0.481. The van der Waals surface area contributed by atoms with Crippen molar-refractivity contribution < 1.29 is 8.42 Å². The van der Waals surface area contributed by atoms with Gasteiger partial charge in [0, 0.05) is 26.7 Å². The number of rotatable bonds is 7. The lowest BCUT2D eigenvalue weighted by Crippen LogP contribution is -2.44. The first-order valence-electron chi connectivity index (χ1n) is 8.25. The second-order valence-corrected chi connectivity index (χ2v) is 8.39. The fourth-order valence-electron chi connectivity index (χ4n) is 1.95. The molecule has 0 fully saturated rings. The molecule has 2 N–H and O–H groups in total. The lowest BCUT2D eigenvalue weighted by Gasteiger charge is -2.21. The van der Waals surface area contributed by atoms with E-state index in [1.165, 1.54) is 18.4 Å². The van der Waals surface area contributed by atoms with Crippen LogP contribution in [0.15, 0.2) is 34.2 Å². The minimum Gasteiger partial charge on any atom is -0.357 e. The molecule has 0 bridgehead atoms. The molecule has 1 rings (SSSR count). The molecule has 0 heterocycles. The normalized spacial score (nSPS) is 14.1. The summed E-state index contributed by atoms with van der Waals surface area (Å²) in [5.41, 5.74) is 0.681. The van der Waals surface area contributed by atoms with E-state index in [1.807, 2.05) is 13.0 Å². The largest absolute Gasteiger partial charge is 0.357 e. The average Bonchev–Trinajstić information content (AvgIpc) is 2.52. The van der Waals surface area contributed by atoms with Crippen molar-refractivity contribution in [2.45, 2.75) is 45.2 Å². The Kier molecular flexibility index (Phi) is 7.69. The van der Waals surface area contributed by atoms with E-state index in [9.17, 15) is 8.42 Å². The minimum atomic E-state index is -3.48. The number of aliphatic imine (C=N–C) groups is 1. The molecule has 0 spiro atoms. The molecule has 24 heavy (non-hydrogen) atoms. The van der Waals surface area contributed by atoms with Crippen LogP contribution in [-0.4, -0.2) is 45.4 Å². The average molecular weight is 355 g/mol. The van der Waals surface area contributed by atoms with Crippen molar-refractivity contribution in [3.05, 3.63) is 29.8 Å². The molecule has 0 aliphatic carbocycles. The first-order valence-corrected chi connectivity index (χ1v) is 9.69. The molecule has 0 saturated carbocycles. The van der Waals surface area contributed by atoms with Crippen LogP contribution in [-0.2, 0) is 16.6 Å². The summed E-state index contributed by atoms with van der Waals surface area (Å²) < 4.78 is 26.1. The predicted molar refractivity (Wildman–Crippen MR) is 99.6 cm³/mol. The van der Waals surface area contributed by atoms with Gasteiger partial charge in [0.1, 0.15) is 0 Å². The number of nitrogens with zero attached hydrogens (tertiary/aromatic N) is 2. The van der Waals surface area contributed by atoms with Gasteiger partial charge in [0.15, 0.2) is 5.96 Å². The van der Waals surface area contributed by atoms with Crippen LogP contribution in [0.25, 0.3) is 0 Å². The number of hydrogen-bond acceptors (Lipinski definition) is 3. The Balaban J connectivity index is 3.07. The second-order valence-electron chi connectivity index (χ2n) is 6.27. The fourth-order valence-corrected chi connectivity index (χ4v) is 3.06. The Bertz CT molecular complexity index is 654.